The number of rotatable bonds is 7. The third-order valence-electron chi connectivity index (χ3n) is 4.72. The van der Waals surface area contributed by atoms with Crippen LogP contribution in [0.2, 0.25) is 0 Å². The molecule has 0 saturated carbocycles. The van der Waals surface area contributed by atoms with Crippen molar-refractivity contribution in [1.29, 1.82) is 0 Å². The maximum absolute atomic E-state index is 10.4. The molecule has 0 radical (unpaired) electrons. The standard InChI is InChI=1S/C20H32O/c1-16(8-6-9-17(2)13-15-21)11-12-19-18(3)10-7-14-20(19,4)5/h11-13,15-16H,6-10,14H2,1-5H3. The van der Waals surface area contributed by atoms with E-state index in [0.29, 0.717) is 11.3 Å². The van der Waals surface area contributed by atoms with Crippen molar-refractivity contribution in [3.63, 3.8) is 0 Å². The summed E-state index contributed by atoms with van der Waals surface area (Å²) in [6.45, 7) is 11.4. The largest absolute Gasteiger partial charge is 0.299 e. The van der Waals surface area contributed by atoms with E-state index in [1.807, 2.05) is 6.92 Å². The topological polar surface area (TPSA) is 17.1 Å². The molecule has 21 heavy (non-hydrogen) atoms. The Labute approximate surface area is 131 Å². The van der Waals surface area contributed by atoms with Crippen LogP contribution in [0.25, 0.3) is 0 Å². The highest BCUT2D eigenvalue weighted by atomic mass is 16.1. The Bertz CT molecular complexity index is 435. The Kier molecular flexibility index (Phi) is 7.14. The first-order chi connectivity index (χ1) is 9.86. The minimum absolute atomic E-state index is 0.335. The Morgan fingerprint density at radius 2 is 2.10 bits per heavy atom. The van der Waals surface area contributed by atoms with Crippen molar-refractivity contribution in [2.24, 2.45) is 11.3 Å². The fraction of sp³-hybridized carbons (Fsp3) is 0.650. The molecule has 0 aromatic rings. The maximum Gasteiger partial charge on any atom is 0.142 e. The van der Waals surface area contributed by atoms with E-state index in [-0.39, 0.29) is 0 Å². The van der Waals surface area contributed by atoms with Crippen LogP contribution in [0.1, 0.15) is 73.1 Å². The number of aldehydes is 1. The maximum atomic E-state index is 10.4. The molecule has 0 saturated heterocycles. The van der Waals surface area contributed by atoms with Crippen molar-refractivity contribution in [2.75, 3.05) is 0 Å². The zero-order chi connectivity index (χ0) is 15.9. The first-order valence-corrected chi connectivity index (χ1v) is 8.36. The Morgan fingerprint density at radius 3 is 2.71 bits per heavy atom. The summed E-state index contributed by atoms with van der Waals surface area (Å²) in [6.07, 6.45) is 14.6. The zero-order valence-electron chi connectivity index (χ0n) is 14.5. The lowest BCUT2D eigenvalue weighted by atomic mass is 9.72. The van der Waals surface area contributed by atoms with Crippen molar-refractivity contribution < 1.29 is 4.79 Å². The van der Waals surface area contributed by atoms with Gasteiger partial charge in [0.25, 0.3) is 0 Å². The van der Waals surface area contributed by atoms with Gasteiger partial charge < -0.3 is 0 Å². The van der Waals surface area contributed by atoms with Crippen LogP contribution in [-0.4, -0.2) is 6.29 Å². The molecule has 1 atom stereocenters. The number of carbonyl (C=O) groups is 1. The van der Waals surface area contributed by atoms with Gasteiger partial charge in [-0.3, -0.25) is 4.79 Å². The van der Waals surface area contributed by atoms with E-state index >= 15 is 0 Å². The van der Waals surface area contributed by atoms with Crippen molar-refractivity contribution in [3.05, 3.63) is 34.9 Å². The van der Waals surface area contributed by atoms with E-state index in [0.717, 1.165) is 19.1 Å². The fourth-order valence-electron chi connectivity index (χ4n) is 3.27. The smallest absolute Gasteiger partial charge is 0.142 e. The van der Waals surface area contributed by atoms with Gasteiger partial charge in [-0.05, 0) is 75.4 Å². The molecule has 0 bridgehead atoms. The quantitative estimate of drug-likeness (QED) is 0.413. The normalized spacial score (nSPS) is 20.9. The molecule has 1 heteroatoms. The minimum atomic E-state index is 0.335. The van der Waals surface area contributed by atoms with E-state index in [1.165, 1.54) is 31.3 Å². The second-order valence-electron chi connectivity index (χ2n) is 7.31. The van der Waals surface area contributed by atoms with Gasteiger partial charge in [-0.1, -0.05) is 44.1 Å². The second kappa shape index (κ2) is 8.36. The lowest BCUT2D eigenvalue weighted by Gasteiger charge is -2.33. The van der Waals surface area contributed by atoms with E-state index in [4.69, 9.17) is 0 Å². The van der Waals surface area contributed by atoms with Crippen LogP contribution in [0.4, 0.5) is 0 Å². The number of hydrogen-bond acceptors (Lipinski definition) is 1. The first kappa shape index (κ1) is 17.9. The van der Waals surface area contributed by atoms with Gasteiger partial charge in [0.2, 0.25) is 0 Å². The van der Waals surface area contributed by atoms with Gasteiger partial charge in [-0.15, -0.1) is 0 Å². The summed E-state index contributed by atoms with van der Waals surface area (Å²) in [5, 5.41) is 0. The van der Waals surface area contributed by atoms with E-state index in [2.05, 4.69) is 39.8 Å². The number of carbonyl (C=O) groups excluding carboxylic acids is 1. The SMILES string of the molecule is CC(=CC=O)CCCC(C)C=CC1=C(C)CCCC1(C)C. The van der Waals surface area contributed by atoms with Crippen molar-refractivity contribution in [1.82, 2.24) is 0 Å². The molecule has 1 nitrogen and oxygen atoms in total. The highest BCUT2D eigenvalue weighted by Crippen LogP contribution is 2.40. The summed E-state index contributed by atoms with van der Waals surface area (Å²) < 4.78 is 0. The van der Waals surface area contributed by atoms with Crippen molar-refractivity contribution >= 4 is 6.29 Å². The number of allylic oxidation sites excluding steroid dienone is 6. The predicted octanol–water partition coefficient (Wildman–Crippen LogP) is 6.02. The summed E-state index contributed by atoms with van der Waals surface area (Å²) >= 11 is 0. The molecule has 0 aromatic carbocycles. The Hall–Kier alpha value is -1.11. The fourth-order valence-corrected chi connectivity index (χ4v) is 3.27. The van der Waals surface area contributed by atoms with Gasteiger partial charge >= 0.3 is 0 Å². The van der Waals surface area contributed by atoms with Crippen LogP contribution in [0.15, 0.2) is 34.9 Å². The van der Waals surface area contributed by atoms with Gasteiger partial charge in [0.1, 0.15) is 6.29 Å². The molecule has 1 aliphatic carbocycles. The molecule has 0 fully saturated rings. The average molecular weight is 288 g/mol. The highest BCUT2D eigenvalue weighted by molar-refractivity contribution is 5.65. The van der Waals surface area contributed by atoms with E-state index in [9.17, 15) is 4.79 Å². The third-order valence-corrected chi connectivity index (χ3v) is 4.72. The summed E-state index contributed by atoms with van der Waals surface area (Å²) in [7, 11) is 0. The predicted molar refractivity (Wildman–Crippen MR) is 92.3 cm³/mol. The van der Waals surface area contributed by atoms with Crippen LogP contribution in [0, 0.1) is 11.3 Å². The molecule has 0 aromatic heterocycles. The van der Waals surface area contributed by atoms with Gasteiger partial charge in [0, 0.05) is 0 Å². The Morgan fingerprint density at radius 1 is 1.38 bits per heavy atom. The van der Waals surface area contributed by atoms with Crippen LogP contribution in [-0.2, 0) is 4.79 Å². The molecule has 0 N–H and O–H groups in total. The molecule has 0 amide bonds. The zero-order valence-corrected chi connectivity index (χ0v) is 14.5. The molecule has 1 unspecified atom stereocenters. The summed E-state index contributed by atoms with van der Waals surface area (Å²) in [4.78, 5) is 10.4. The van der Waals surface area contributed by atoms with E-state index in [1.54, 1.807) is 17.2 Å². The summed E-state index contributed by atoms with van der Waals surface area (Å²) in [5.74, 6) is 0.604. The van der Waals surface area contributed by atoms with Crippen LogP contribution in [0.5, 0.6) is 0 Å². The van der Waals surface area contributed by atoms with Gasteiger partial charge in [0.15, 0.2) is 0 Å². The van der Waals surface area contributed by atoms with Gasteiger partial charge in [-0.25, -0.2) is 0 Å². The summed E-state index contributed by atoms with van der Waals surface area (Å²) in [5.41, 5.74) is 4.65. The molecule has 118 valence electrons. The van der Waals surface area contributed by atoms with Gasteiger partial charge in [-0.2, -0.15) is 0 Å². The van der Waals surface area contributed by atoms with Crippen molar-refractivity contribution in [3.8, 4) is 0 Å². The lowest BCUT2D eigenvalue weighted by Crippen LogP contribution is -2.19. The molecular formula is C20H32O. The summed E-state index contributed by atoms with van der Waals surface area (Å²) in [6, 6.07) is 0. The lowest BCUT2D eigenvalue weighted by molar-refractivity contribution is -0.104. The molecule has 0 aliphatic heterocycles. The molecule has 0 heterocycles. The second-order valence-corrected chi connectivity index (χ2v) is 7.31. The number of hydrogen-bond donors (Lipinski definition) is 0. The third kappa shape index (κ3) is 6.03. The Balaban J connectivity index is 2.52. The first-order valence-electron chi connectivity index (χ1n) is 8.36. The van der Waals surface area contributed by atoms with Gasteiger partial charge in [0.05, 0.1) is 0 Å². The average Bonchev–Trinajstić information content (AvgIpc) is 2.37. The molecule has 0 spiro atoms. The molecule has 1 rings (SSSR count). The monoisotopic (exact) mass is 288 g/mol. The van der Waals surface area contributed by atoms with Crippen LogP contribution >= 0.6 is 0 Å². The minimum Gasteiger partial charge on any atom is -0.299 e. The highest BCUT2D eigenvalue weighted by Gasteiger charge is 2.26. The van der Waals surface area contributed by atoms with Crippen LogP contribution < -0.4 is 0 Å². The van der Waals surface area contributed by atoms with Crippen LogP contribution in [0.3, 0.4) is 0 Å². The molecule has 1 aliphatic rings. The van der Waals surface area contributed by atoms with E-state index < -0.39 is 0 Å². The van der Waals surface area contributed by atoms with Crippen molar-refractivity contribution in [2.45, 2.75) is 73.1 Å². The molecular weight excluding hydrogens is 256 g/mol.